The molecule has 1 rings (SSSR count). The minimum Gasteiger partial charge on any atom is -0.374 e. The number of ether oxygens (including phenoxy) is 1. The summed E-state index contributed by atoms with van der Waals surface area (Å²) in [5, 5.41) is 3.31. The number of hydrogen-bond donors (Lipinski definition) is 3. The Morgan fingerprint density at radius 1 is 1.42 bits per heavy atom. The van der Waals surface area contributed by atoms with Gasteiger partial charge in [-0.15, -0.1) is 0 Å². The van der Waals surface area contributed by atoms with Gasteiger partial charge in [-0.05, 0) is 24.9 Å². The summed E-state index contributed by atoms with van der Waals surface area (Å²) in [6, 6.07) is 1.79. The summed E-state index contributed by atoms with van der Waals surface area (Å²) in [5.41, 5.74) is 2.55. The monoisotopic (exact) mass is 285 g/mol. The van der Waals surface area contributed by atoms with Gasteiger partial charge in [-0.25, -0.2) is 15.8 Å². The number of rotatable bonds is 9. The molecule has 0 saturated heterocycles. The molecule has 0 spiro atoms. The largest absolute Gasteiger partial charge is 0.374 e. The zero-order valence-corrected chi connectivity index (χ0v) is 12.6. The van der Waals surface area contributed by atoms with Crippen LogP contribution in [0, 0.1) is 5.92 Å². The summed E-state index contributed by atoms with van der Waals surface area (Å²) in [7, 11) is 0. The highest BCUT2D eigenvalue weighted by Gasteiger charge is 2.06. The van der Waals surface area contributed by atoms with Crippen molar-refractivity contribution in [3.8, 4) is 0 Å². The summed E-state index contributed by atoms with van der Waals surface area (Å²) in [6.07, 6.45) is 2.11. The number of nitrogens with two attached hydrogens (primary N) is 1. The third-order valence-electron chi connectivity index (χ3n) is 2.44. The van der Waals surface area contributed by atoms with Crippen LogP contribution in [0.5, 0.6) is 0 Å². The number of nitrogens with one attached hydrogen (secondary N) is 2. The molecule has 1 aromatic rings. The highest BCUT2D eigenvalue weighted by Crippen LogP contribution is 2.12. The van der Waals surface area contributed by atoms with E-state index < -0.39 is 0 Å². The molecule has 0 fully saturated rings. The zero-order valence-electron chi connectivity index (χ0n) is 11.8. The van der Waals surface area contributed by atoms with E-state index in [1.807, 2.05) is 18.7 Å². The maximum Gasteiger partial charge on any atom is 0.158 e. The number of nitrogens with zero attached hydrogens (tertiary/aromatic N) is 2. The molecule has 0 saturated carbocycles. The maximum atomic E-state index is 5.41. The fourth-order valence-electron chi connectivity index (χ4n) is 1.54. The first-order valence-electron chi connectivity index (χ1n) is 6.34. The van der Waals surface area contributed by atoms with E-state index in [0.29, 0.717) is 30.8 Å². The number of nitrogen functional groups attached to an aromatic ring is 1. The van der Waals surface area contributed by atoms with Crippen molar-refractivity contribution in [2.24, 2.45) is 11.8 Å². The summed E-state index contributed by atoms with van der Waals surface area (Å²) < 4.78 is 5.31. The van der Waals surface area contributed by atoms with Crippen molar-refractivity contribution < 1.29 is 4.74 Å². The van der Waals surface area contributed by atoms with Crippen molar-refractivity contribution >= 4 is 23.4 Å². The van der Waals surface area contributed by atoms with Crippen molar-refractivity contribution in [1.29, 1.82) is 0 Å². The standard InChI is InChI=1S/C12H23N5OS/c1-4-18-7-12-15-10(5-11(16-12)17-13)14-6-9(2)8-19-3/h5,9H,4,6-8,13H2,1-3H3,(H2,14,15,16,17). The summed E-state index contributed by atoms with van der Waals surface area (Å²) in [5.74, 6) is 9.08. The van der Waals surface area contributed by atoms with Crippen LogP contribution in [0.25, 0.3) is 0 Å². The topological polar surface area (TPSA) is 85.1 Å². The molecular formula is C12H23N5OS. The molecule has 7 heteroatoms. The Morgan fingerprint density at radius 2 is 2.16 bits per heavy atom. The number of hydrogen-bond acceptors (Lipinski definition) is 7. The van der Waals surface area contributed by atoms with Gasteiger partial charge in [-0.2, -0.15) is 11.8 Å². The summed E-state index contributed by atoms with van der Waals surface area (Å²) in [4.78, 5) is 8.64. The van der Waals surface area contributed by atoms with Gasteiger partial charge in [0.1, 0.15) is 18.2 Å². The zero-order chi connectivity index (χ0) is 14.1. The van der Waals surface area contributed by atoms with Gasteiger partial charge in [0.05, 0.1) is 0 Å². The second kappa shape index (κ2) is 8.95. The number of hydrazine groups is 1. The molecule has 0 aliphatic rings. The Labute approximate surface area is 118 Å². The predicted molar refractivity (Wildman–Crippen MR) is 81.2 cm³/mol. The Bertz CT molecular complexity index is 377. The van der Waals surface area contributed by atoms with Crippen molar-refractivity contribution in [3.05, 3.63) is 11.9 Å². The van der Waals surface area contributed by atoms with E-state index in [4.69, 9.17) is 10.6 Å². The van der Waals surface area contributed by atoms with Gasteiger partial charge >= 0.3 is 0 Å². The quantitative estimate of drug-likeness (QED) is 0.470. The minimum absolute atomic E-state index is 0.390. The molecule has 108 valence electrons. The van der Waals surface area contributed by atoms with Crippen LogP contribution in [-0.2, 0) is 11.3 Å². The normalized spacial score (nSPS) is 12.2. The van der Waals surface area contributed by atoms with Gasteiger partial charge in [0.15, 0.2) is 5.82 Å². The van der Waals surface area contributed by atoms with Crippen LogP contribution in [0.15, 0.2) is 6.07 Å². The molecule has 6 nitrogen and oxygen atoms in total. The maximum absolute atomic E-state index is 5.41. The Hall–Kier alpha value is -1.05. The van der Waals surface area contributed by atoms with Crippen molar-refractivity contribution in [2.45, 2.75) is 20.5 Å². The Morgan fingerprint density at radius 3 is 2.79 bits per heavy atom. The molecule has 0 bridgehead atoms. The van der Waals surface area contributed by atoms with Crippen LogP contribution >= 0.6 is 11.8 Å². The molecule has 19 heavy (non-hydrogen) atoms. The van der Waals surface area contributed by atoms with E-state index in [-0.39, 0.29) is 0 Å². The molecule has 1 heterocycles. The molecule has 0 aliphatic carbocycles. The van der Waals surface area contributed by atoms with Crippen LogP contribution in [0.1, 0.15) is 19.7 Å². The van der Waals surface area contributed by atoms with Gasteiger partial charge in [0.2, 0.25) is 0 Å². The third-order valence-corrected chi connectivity index (χ3v) is 3.34. The van der Waals surface area contributed by atoms with Crippen LogP contribution in [-0.4, -0.2) is 35.1 Å². The fraction of sp³-hybridized carbons (Fsp3) is 0.667. The summed E-state index contributed by atoms with van der Waals surface area (Å²) in [6.45, 7) is 6.04. The lowest BCUT2D eigenvalue weighted by atomic mass is 10.2. The molecule has 0 aromatic carbocycles. The smallest absolute Gasteiger partial charge is 0.158 e. The molecule has 0 amide bonds. The number of aromatic nitrogens is 2. The van der Waals surface area contributed by atoms with E-state index in [2.05, 4.69) is 33.9 Å². The summed E-state index contributed by atoms with van der Waals surface area (Å²) >= 11 is 1.84. The van der Waals surface area contributed by atoms with E-state index in [1.54, 1.807) is 6.07 Å². The number of anilines is 2. The second-order valence-corrected chi connectivity index (χ2v) is 5.19. The van der Waals surface area contributed by atoms with Crippen molar-refractivity contribution in [1.82, 2.24) is 9.97 Å². The van der Waals surface area contributed by atoms with Gasteiger partial charge < -0.3 is 15.5 Å². The fourth-order valence-corrected chi connectivity index (χ4v) is 2.23. The van der Waals surface area contributed by atoms with E-state index in [0.717, 1.165) is 18.1 Å². The second-order valence-electron chi connectivity index (χ2n) is 4.28. The lowest BCUT2D eigenvalue weighted by Gasteiger charge is -2.13. The van der Waals surface area contributed by atoms with Crippen molar-refractivity contribution in [3.63, 3.8) is 0 Å². The first kappa shape index (κ1) is 16.0. The van der Waals surface area contributed by atoms with Gasteiger partial charge in [-0.1, -0.05) is 6.92 Å². The average Bonchev–Trinajstić information content (AvgIpc) is 2.43. The highest BCUT2D eigenvalue weighted by atomic mass is 32.2. The predicted octanol–water partition coefficient (Wildman–Crippen LogP) is 1.71. The first-order chi connectivity index (χ1) is 9.19. The first-order valence-corrected chi connectivity index (χ1v) is 7.74. The lowest BCUT2D eigenvalue weighted by Crippen LogP contribution is -2.16. The van der Waals surface area contributed by atoms with E-state index >= 15 is 0 Å². The Kier molecular flexibility index (Phi) is 7.54. The lowest BCUT2D eigenvalue weighted by molar-refractivity contribution is 0.128. The van der Waals surface area contributed by atoms with Crippen LogP contribution in [0.2, 0.25) is 0 Å². The van der Waals surface area contributed by atoms with Gasteiger partial charge in [-0.3, -0.25) is 0 Å². The van der Waals surface area contributed by atoms with E-state index in [1.165, 1.54) is 0 Å². The van der Waals surface area contributed by atoms with Gasteiger partial charge in [0.25, 0.3) is 0 Å². The molecule has 0 radical (unpaired) electrons. The molecule has 1 atom stereocenters. The Balaban J connectivity index is 2.65. The minimum atomic E-state index is 0.390. The molecule has 1 unspecified atom stereocenters. The number of thioether (sulfide) groups is 1. The third kappa shape index (κ3) is 6.09. The molecule has 0 aliphatic heterocycles. The van der Waals surface area contributed by atoms with Crippen LogP contribution in [0.3, 0.4) is 0 Å². The van der Waals surface area contributed by atoms with E-state index in [9.17, 15) is 0 Å². The molecule has 4 N–H and O–H groups in total. The van der Waals surface area contributed by atoms with Crippen LogP contribution < -0.4 is 16.6 Å². The molecular weight excluding hydrogens is 262 g/mol. The van der Waals surface area contributed by atoms with Gasteiger partial charge in [0, 0.05) is 19.2 Å². The SMILES string of the molecule is CCOCc1nc(NN)cc(NCC(C)CSC)n1. The highest BCUT2D eigenvalue weighted by molar-refractivity contribution is 7.98. The molecule has 1 aromatic heterocycles. The van der Waals surface area contributed by atoms with Crippen molar-refractivity contribution in [2.75, 3.05) is 35.9 Å². The average molecular weight is 285 g/mol. The van der Waals surface area contributed by atoms with Crippen LogP contribution in [0.4, 0.5) is 11.6 Å².